The summed E-state index contributed by atoms with van der Waals surface area (Å²) in [6.45, 7) is 1.49. The molecule has 0 aliphatic rings. The van der Waals surface area contributed by atoms with Gasteiger partial charge in [-0.15, -0.1) is 22.7 Å². The van der Waals surface area contributed by atoms with Gasteiger partial charge in [-0.3, -0.25) is 29.4 Å². The normalized spacial score (nSPS) is 9.48. The number of carbonyl (C=O) groups is 4. The van der Waals surface area contributed by atoms with Gasteiger partial charge in [0, 0.05) is 51.6 Å². The van der Waals surface area contributed by atoms with E-state index >= 15 is 0 Å². The molecule has 0 fully saturated rings. The first-order valence-electron chi connectivity index (χ1n) is 14.5. The lowest BCUT2D eigenvalue weighted by Crippen LogP contribution is -2.22. The van der Waals surface area contributed by atoms with E-state index in [4.69, 9.17) is 28.3 Å². The number of halogens is 1. The number of rotatable bonds is 8. The Hall–Kier alpha value is -6.02. The maximum absolute atomic E-state index is 11.9. The van der Waals surface area contributed by atoms with Crippen molar-refractivity contribution in [1.29, 1.82) is 5.26 Å². The van der Waals surface area contributed by atoms with Crippen LogP contribution < -0.4 is 16.4 Å². The summed E-state index contributed by atoms with van der Waals surface area (Å²) < 4.78 is 4.38. The monoisotopic (exact) mass is 767 g/mol. The molecule has 0 aliphatic carbocycles. The zero-order valence-corrected chi connectivity index (χ0v) is 30.8. The molecule has 5 rings (SSSR count). The van der Waals surface area contributed by atoms with Crippen LogP contribution in [0.1, 0.15) is 49.6 Å². The minimum Gasteiger partial charge on any atom is -0.504 e. The SMILES string of the molecule is C.CC(=O)N(C)c1cccc(C(=O)/C=C/N(C)C)c1.CO/C=C/C#N.Nc1[nH]ncc1C(=O)c1cccs1.Nc1ccn[nH]1.O=C(Cl)c1cccs1. The fourth-order valence-corrected chi connectivity index (χ4v) is 4.56. The molecule has 0 saturated carbocycles. The third-order valence-electron chi connectivity index (χ3n) is 5.69. The molecule has 0 radical (unpaired) electrons. The predicted octanol–water partition coefficient (Wildman–Crippen LogP) is 6.64. The first kappa shape index (κ1) is 46.0. The van der Waals surface area contributed by atoms with Crippen molar-refractivity contribution in [2.75, 3.05) is 44.6 Å². The average molecular weight is 768 g/mol. The van der Waals surface area contributed by atoms with Gasteiger partial charge in [0.2, 0.25) is 11.7 Å². The van der Waals surface area contributed by atoms with Crippen LogP contribution in [-0.2, 0) is 9.53 Å². The van der Waals surface area contributed by atoms with Crippen LogP contribution in [0.3, 0.4) is 0 Å². The smallest absolute Gasteiger partial charge is 0.262 e. The number of methoxy groups -OCH3 is 1. The van der Waals surface area contributed by atoms with Crippen LogP contribution in [0.15, 0.2) is 102 Å². The number of H-pyrrole nitrogens is 2. The Labute approximate surface area is 316 Å². The number of nitrogens with zero attached hydrogens (tertiary/aromatic N) is 5. The lowest BCUT2D eigenvalue weighted by atomic mass is 10.1. The third kappa shape index (κ3) is 18.1. The Morgan fingerprint density at radius 1 is 0.962 bits per heavy atom. The van der Waals surface area contributed by atoms with Gasteiger partial charge in [-0.2, -0.15) is 15.5 Å². The predicted molar refractivity (Wildman–Crippen MR) is 209 cm³/mol. The Balaban J connectivity index is 0.000000668. The molecule has 0 saturated heterocycles. The number of ether oxygens (including phenoxy) is 1. The molecule has 14 nitrogen and oxygen atoms in total. The summed E-state index contributed by atoms with van der Waals surface area (Å²) in [5.74, 6) is 0.695. The summed E-state index contributed by atoms with van der Waals surface area (Å²) in [6, 6.07) is 17.6. The lowest BCUT2D eigenvalue weighted by molar-refractivity contribution is -0.116. The van der Waals surface area contributed by atoms with E-state index in [0.29, 0.717) is 38.2 Å². The van der Waals surface area contributed by atoms with Crippen molar-refractivity contribution in [2.24, 2.45) is 0 Å². The van der Waals surface area contributed by atoms with E-state index in [1.54, 1.807) is 78.9 Å². The number of aromatic amines is 2. The second-order valence-corrected chi connectivity index (χ2v) is 11.9. The summed E-state index contributed by atoms with van der Waals surface area (Å²) in [6.07, 6.45) is 8.84. The third-order valence-corrected chi connectivity index (χ3v) is 7.74. The van der Waals surface area contributed by atoms with Gasteiger partial charge in [-0.05, 0) is 52.7 Å². The average Bonchev–Trinajstić information content (AvgIpc) is 3.96. The number of aromatic nitrogens is 4. The molecule has 0 spiro atoms. The van der Waals surface area contributed by atoms with Crippen LogP contribution in [0.4, 0.5) is 17.3 Å². The highest BCUT2D eigenvalue weighted by molar-refractivity contribution is 7.14. The van der Waals surface area contributed by atoms with Crippen molar-refractivity contribution in [3.05, 3.63) is 123 Å². The number of hydrogen-bond acceptors (Lipinski definition) is 13. The van der Waals surface area contributed by atoms with Gasteiger partial charge in [-0.1, -0.05) is 31.7 Å². The number of amides is 1. The number of allylic oxidation sites excluding steroid dienone is 2. The van der Waals surface area contributed by atoms with Crippen LogP contribution in [0.2, 0.25) is 0 Å². The maximum Gasteiger partial charge on any atom is 0.262 e. The van der Waals surface area contributed by atoms with Crippen molar-refractivity contribution in [3.8, 4) is 6.07 Å². The van der Waals surface area contributed by atoms with E-state index < -0.39 is 0 Å². The second-order valence-electron chi connectivity index (χ2n) is 9.71. The van der Waals surface area contributed by atoms with E-state index in [0.717, 1.165) is 0 Å². The number of thiophene rings is 2. The molecular formula is C35H42ClN9O5S2. The van der Waals surface area contributed by atoms with Gasteiger partial charge in [-0.25, -0.2) is 0 Å². The van der Waals surface area contributed by atoms with Crippen molar-refractivity contribution in [2.45, 2.75) is 14.4 Å². The molecule has 17 heteroatoms. The molecule has 5 aromatic rings. The molecule has 52 heavy (non-hydrogen) atoms. The molecule has 6 N–H and O–H groups in total. The maximum atomic E-state index is 11.9. The molecule has 4 aromatic heterocycles. The largest absolute Gasteiger partial charge is 0.504 e. The summed E-state index contributed by atoms with van der Waals surface area (Å²) in [5, 5.41) is 23.4. The molecule has 0 bridgehead atoms. The highest BCUT2D eigenvalue weighted by Gasteiger charge is 2.14. The van der Waals surface area contributed by atoms with Crippen molar-refractivity contribution in [3.63, 3.8) is 0 Å². The number of carbonyl (C=O) groups excluding carboxylic acids is 4. The Morgan fingerprint density at radius 2 is 1.62 bits per heavy atom. The van der Waals surface area contributed by atoms with Crippen molar-refractivity contribution in [1.82, 2.24) is 25.3 Å². The van der Waals surface area contributed by atoms with E-state index in [2.05, 4.69) is 25.1 Å². The van der Waals surface area contributed by atoms with Crippen LogP contribution >= 0.6 is 34.3 Å². The molecule has 1 aromatic carbocycles. The van der Waals surface area contributed by atoms with Gasteiger partial charge >= 0.3 is 0 Å². The molecule has 0 atom stereocenters. The standard InChI is InChI=1S/C14H18N2O2.C8H7N3OS.C5H3ClOS.C4H5NO.C3H5N3.CH4/c1-11(17)16(4)13-7-5-6-12(10-13)14(18)8-9-15(2)3;9-8-5(4-10-11-8)7(12)6-2-1-3-13-6;6-5(7)4-2-1-3-8-4;1-6-4-2-3-5;4-3-1-2-5-6-3;/h5-10H,1-4H3;1-4H,(H3,9,10,11);1-3H;2,4H,1H3;1-2H,(H3,4,5,6);1H4/b9-8+;;;4-2+;;. The molecular weight excluding hydrogens is 726 g/mol. The number of ketones is 2. The molecule has 276 valence electrons. The zero-order valence-electron chi connectivity index (χ0n) is 28.4. The Kier molecular flexibility index (Phi) is 22.9. The Bertz CT molecular complexity index is 1860. The minimum atomic E-state index is -0.375. The number of hydrogen-bond donors (Lipinski definition) is 4. The summed E-state index contributed by atoms with van der Waals surface area (Å²) in [4.78, 5) is 49.7. The van der Waals surface area contributed by atoms with Crippen LogP contribution in [0.25, 0.3) is 0 Å². The number of nitriles is 1. The number of nitrogen functional groups attached to an aromatic ring is 2. The molecule has 1 amide bonds. The molecule has 0 unspecified atom stereocenters. The van der Waals surface area contributed by atoms with Gasteiger partial charge in [0.25, 0.3) is 5.24 Å². The minimum absolute atomic E-state index is 0. The van der Waals surface area contributed by atoms with Crippen LogP contribution in [0, 0.1) is 11.3 Å². The summed E-state index contributed by atoms with van der Waals surface area (Å²) >= 11 is 7.86. The van der Waals surface area contributed by atoms with Crippen molar-refractivity contribution < 1.29 is 23.9 Å². The van der Waals surface area contributed by atoms with Crippen molar-refractivity contribution >= 4 is 74.3 Å². The first-order valence-corrected chi connectivity index (χ1v) is 16.6. The van der Waals surface area contributed by atoms with Gasteiger partial charge in [0.05, 0.1) is 53.2 Å². The molecule has 4 heterocycles. The highest BCUT2D eigenvalue weighted by atomic mass is 35.5. The first-order chi connectivity index (χ1) is 24.3. The van der Waals surface area contributed by atoms with E-state index in [1.807, 2.05) is 30.9 Å². The van der Waals surface area contributed by atoms with E-state index in [1.165, 1.54) is 66.2 Å². The summed E-state index contributed by atoms with van der Waals surface area (Å²) in [5.41, 5.74) is 12.4. The number of nitrogens with two attached hydrogens (primary N) is 2. The fraction of sp³-hybridized carbons (Fsp3) is 0.171. The topological polar surface area (TPSA) is 217 Å². The summed E-state index contributed by atoms with van der Waals surface area (Å²) in [7, 11) is 6.88. The van der Waals surface area contributed by atoms with Gasteiger partial charge in [0.15, 0.2) is 5.78 Å². The number of anilines is 3. The van der Waals surface area contributed by atoms with Crippen LogP contribution in [-0.4, -0.2) is 76.3 Å². The fourth-order valence-electron chi connectivity index (χ4n) is 3.14. The van der Waals surface area contributed by atoms with Gasteiger partial charge < -0.3 is 26.0 Å². The number of nitrogens with one attached hydrogen (secondary N) is 2. The quantitative estimate of drug-likeness (QED) is 0.0431. The lowest BCUT2D eigenvalue weighted by Gasteiger charge is -2.15. The van der Waals surface area contributed by atoms with E-state index in [-0.39, 0.29) is 30.1 Å². The highest BCUT2D eigenvalue weighted by Crippen LogP contribution is 2.18. The van der Waals surface area contributed by atoms with Gasteiger partial charge in [0.1, 0.15) is 11.6 Å². The van der Waals surface area contributed by atoms with Crippen LogP contribution in [0.5, 0.6) is 0 Å². The molecule has 0 aliphatic heterocycles. The number of benzene rings is 1. The Morgan fingerprint density at radius 3 is 2.00 bits per heavy atom. The van der Waals surface area contributed by atoms with E-state index in [9.17, 15) is 19.2 Å². The zero-order chi connectivity index (χ0) is 38.2. The second kappa shape index (κ2) is 25.9.